The molecule has 7 heteroatoms. The van der Waals surface area contributed by atoms with Crippen LogP contribution in [0.2, 0.25) is 5.02 Å². The summed E-state index contributed by atoms with van der Waals surface area (Å²) < 4.78 is 5.20. The second-order valence-corrected chi connectivity index (χ2v) is 8.88. The van der Waals surface area contributed by atoms with E-state index < -0.39 is 0 Å². The highest BCUT2D eigenvalue weighted by molar-refractivity contribution is 7.98. The van der Waals surface area contributed by atoms with Crippen LogP contribution in [0, 0.1) is 11.3 Å². The molecule has 1 aromatic heterocycles. The van der Waals surface area contributed by atoms with E-state index in [0.717, 1.165) is 5.56 Å². The largest absolute Gasteiger partial charge is 0.495 e. The van der Waals surface area contributed by atoms with Gasteiger partial charge in [0.15, 0.2) is 11.0 Å². The van der Waals surface area contributed by atoms with Crippen LogP contribution in [0.25, 0.3) is 11.3 Å². The molecule has 0 radical (unpaired) electrons. The van der Waals surface area contributed by atoms with Crippen LogP contribution in [-0.4, -0.2) is 23.3 Å². The fourth-order valence-corrected chi connectivity index (χ4v) is 3.57. The molecule has 30 heavy (non-hydrogen) atoms. The van der Waals surface area contributed by atoms with E-state index >= 15 is 0 Å². The van der Waals surface area contributed by atoms with Gasteiger partial charge in [-0.2, -0.15) is 5.26 Å². The van der Waals surface area contributed by atoms with Crippen LogP contribution in [0.1, 0.15) is 31.9 Å². The standard InChI is InChI=1S/C23H23ClN4OS/c1-23(2,3)15-8-6-14(7-9-15)20-17(13-25)21(28-22(27-20)30-5)26-16-10-11-19(29-4)18(24)12-16/h6-12H,1-5H3,(H,26,27,28). The van der Waals surface area contributed by atoms with Gasteiger partial charge in [0.25, 0.3) is 0 Å². The van der Waals surface area contributed by atoms with Gasteiger partial charge in [0.1, 0.15) is 17.4 Å². The molecular formula is C23H23ClN4OS. The second kappa shape index (κ2) is 8.95. The van der Waals surface area contributed by atoms with Gasteiger partial charge >= 0.3 is 0 Å². The molecule has 1 heterocycles. The lowest BCUT2D eigenvalue weighted by molar-refractivity contribution is 0.415. The van der Waals surface area contributed by atoms with E-state index in [-0.39, 0.29) is 5.41 Å². The SMILES string of the molecule is COc1ccc(Nc2nc(SC)nc(-c3ccc(C(C)(C)C)cc3)c2C#N)cc1Cl. The number of methoxy groups -OCH3 is 1. The van der Waals surface area contributed by atoms with E-state index in [1.807, 2.05) is 24.5 Å². The number of hydrogen-bond donors (Lipinski definition) is 1. The molecule has 0 fully saturated rings. The summed E-state index contributed by atoms with van der Waals surface area (Å²) in [5.41, 5.74) is 3.82. The van der Waals surface area contributed by atoms with E-state index in [4.69, 9.17) is 16.3 Å². The normalized spacial score (nSPS) is 11.1. The van der Waals surface area contributed by atoms with Gasteiger partial charge in [-0.15, -0.1) is 0 Å². The molecule has 154 valence electrons. The molecule has 0 aliphatic heterocycles. The Hall–Kier alpha value is -2.75. The Labute approximate surface area is 186 Å². The van der Waals surface area contributed by atoms with Gasteiger partial charge in [0.2, 0.25) is 0 Å². The summed E-state index contributed by atoms with van der Waals surface area (Å²) in [5, 5.41) is 14.2. The van der Waals surface area contributed by atoms with Gasteiger partial charge in [-0.05, 0) is 35.4 Å². The Morgan fingerprint density at radius 1 is 1.10 bits per heavy atom. The lowest BCUT2D eigenvalue weighted by Gasteiger charge is -2.19. The van der Waals surface area contributed by atoms with Gasteiger partial charge in [0, 0.05) is 11.3 Å². The van der Waals surface area contributed by atoms with Crippen molar-refractivity contribution in [3.8, 4) is 23.1 Å². The first-order chi connectivity index (χ1) is 14.3. The predicted octanol–water partition coefficient (Wildman–Crippen LogP) is 6.44. The average molecular weight is 439 g/mol. The maximum Gasteiger partial charge on any atom is 0.189 e. The van der Waals surface area contributed by atoms with Crippen LogP contribution < -0.4 is 10.1 Å². The number of aromatic nitrogens is 2. The minimum Gasteiger partial charge on any atom is -0.495 e. The maximum absolute atomic E-state index is 9.90. The molecule has 3 aromatic rings. The third-order valence-electron chi connectivity index (χ3n) is 4.62. The van der Waals surface area contributed by atoms with Crippen molar-refractivity contribution in [2.75, 3.05) is 18.7 Å². The van der Waals surface area contributed by atoms with Gasteiger partial charge in [0.05, 0.1) is 17.8 Å². The molecule has 0 unspecified atom stereocenters. The Morgan fingerprint density at radius 2 is 1.80 bits per heavy atom. The lowest BCUT2D eigenvalue weighted by Crippen LogP contribution is -2.10. The van der Waals surface area contributed by atoms with E-state index in [9.17, 15) is 5.26 Å². The number of thioether (sulfide) groups is 1. The third kappa shape index (κ3) is 4.69. The summed E-state index contributed by atoms with van der Waals surface area (Å²) in [6.45, 7) is 6.50. The number of benzene rings is 2. The molecule has 0 amide bonds. The van der Waals surface area contributed by atoms with E-state index in [1.54, 1.807) is 19.2 Å². The zero-order valence-corrected chi connectivity index (χ0v) is 19.1. The molecule has 0 saturated heterocycles. The fraction of sp³-hybridized carbons (Fsp3) is 0.261. The summed E-state index contributed by atoms with van der Waals surface area (Å²) in [5.74, 6) is 1.02. The number of nitrogens with zero attached hydrogens (tertiary/aromatic N) is 3. The van der Waals surface area contributed by atoms with Crippen molar-refractivity contribution < 1.29 is 4.74 Å². The summed E-state index contributed by atoms with van der Waals surface area (Å²) in [4.78, 5) is 9.13. The summed E-state index contributed by atoms with van der Waals surface area (Å²) in [7, 11) is 1.56. The van der Waals surface area contributed by atoms with Crippen LogP contribution in [0.15, 0.2) is 47.6 Å². The molecule has 0 saturated carbocycles. The molecule has 0 atom stereocenters. The second-order valence-electron chi connectivity index (χ2n) is 7.70. The van der Waals surface area contributed by atoms with Gasteiger partial charge in [-0.3, -0.25) is 0 Å². The molecule has 3 rings (SSSR count). The van der Waals surface area contributed by atoms with Gasteiger partial charge in [-0.1, -0.05) is 68.4 Å². The predicted molar refractivity (Wildman–Crippen MR) is 124 cm³/mol. The number of anilines is 2. The smallest absolute Gasteiger partial charge is 0.189 e. The van der Waals surface area contributed by atoms with E-state index in [1.165, 1.54) is 17.3 Å². The van der Waals surface area contributed by atoms with Crippen LogP contribution in [0.4, 0.5) is 11.5 Å². The van der Waals surface area contributed by atoms with Gasteiger partial charge < -0.3 is 10.1 Å². The monoisotopic (exact) mass is 438 g/mol. The minimum atomic E-state index is 0.0487. The van der Waals surface area contributed by atoms with Crippen molar-refractivity contribution in [2.45, 2.75) is 31.3 Å². The highest BCUT2D eigenvalue weighted by atomic mass is 35.5. The minimum absolute atomic E-state index is 0.0487. The maximum atomic E-state index is 9.90. The average Bonchev–Trinajstić information content (AvgIpc) is 2.72. The third-order valence-corrected chi connectivity index (χ3v) is 5.46. The topological polar surface area (TPSA) is 70.8 Å². The highest BCUT2D eigenvalue weighted by Crippen LogP contribution is 2.33. The molecule has 2 aromatic carbocycles. The number of nitriles is 1. The van der Waals surface area contributed by atoms with Crippen molar-refractivity contribution in [2.24, 2.45) is 0 Å². The summed E-state index contributed by atoms with van der Waals surface area (Å²) in [6, 6.07) is 15.7. The van der Waals surface area contributed by atoms with Crippen LogP contribution in [-0.2, 0) is 5.41 Å². The molecule has 0 aliphatic rings. The molecule has 0 aliphatic carbocycles. The summed E-state index contributed by atoms with van der Waals surface area (Å²) in [6.07, 6.45) is 1.90. The Balaban J connectivity index is 2.07. The number of nitrogens with one attached hydrogen (secondary N) is 1. The first-order valence-electron chi connectivity index (χ1n) is 9.34. The van der Waals surface area contributed by atoms with Crippen molar-refractivity contribution in [3.05, 3.63) is 58.6 Å². The zero-order chi connectivity index (χ0) is 21.9. The van der Waals surface area contributed by atoms with Crippen molar-refractivity contribution >= 4 is 34.9 Å². The number of rotatable bonds is 5. The number of hydrogen-bond acceptors (Lipinski definition) is 6. The quantitative estimate of drug-likeness (QED) is 0.365. The molecular weight excluding hydrogens is 416 g/mol. The Morgan fingerprint density at radius 3 is 2.33 bits per heavy atom. The Bertz CT molecular complexity index is 1100. The van der Waals surface area contributed by atoms with E-state index in [2.05, 4.69) is 54.3 Å². The van der Waals surface area contributed by atoms with Crippen molar-refractivity contribution in [1.29, 1.82) is 5.26 Å². The first kappa shape index (κ1) is 21.9. The van der Waals surface area contributed by atoms with Crippen molar-refractivity contribution in [1.82, 2.24) is 9.97 Å². The van der Waals surface area contributed by atoms with Crippen LogP contribution >= 0.6 is 23.4 Å². The Kier molecular flexibility index (Phi) is 6.55. The highest BCUT2D eigenvalue weighted by Gasteiger charge is 2.18. The fourth-order valence-electron chi connectivity index (χ4n) is 2.95. The molecule has 1 N–H and O–H groups in total. The number of ether oxygens (including phenoxy) is 1. The van der Waals surface area contributed by atoms with Crippen LogP contribution in [0.3, 0.4) is 0 Å². The molecule has 5 nitrogen and oxygen atoms in total. The molecule has 0 spiro atoms. The van der Waals surface area contributed by atoms with E-state index in [0.29, 0.717) is 38.7 Å². The lowest BCUT2D eigenvalue weighted by atomic mass is 9.86. The molecule has 0 bridgehead atoms. The van der Waals surface area contributed by atoms with Crippen molar-refractivity contribution in [3.63, 3.8) is 0 Å². The zero-order valence-electron chi connectivity index (χ0n) is 17.6. The van der Waals surface area contributed by atoms with Crippen LogP contribution in [0.5, 0.6) is 5.75 Å². The number of halogens is 1. The van der Waals surface area contributed by atoms with Gasteiger partial charge in [-0.25, -0.2) is 9.97 Å². The first-order valence-corrected chi connectivity index (χ1v) is 10.9. The summed E-state index contributed by atoms with van der Waals surface area (Å²) >= 11 is 7.66.